The van der Waals surface area contributed by atoms with Crippen molar-refractivity contribution in [3.05, 3.63) is 60.7 Å². The van der Waals surface area contributed by atoms with Crippen LogP contribution in [0.2, 0.25) is 0 Å². The number of imidazole rings is 1. The van der Waals surface area contributed by atoms with E-state index < -0.39 is 0 Å². The Balaban J connectivity index is 0.00000133. The van der Waals surface area contributed by atoms with Gasteiger partial charge in [0.1, 0.15) is 0 Å². The first kappa shape index (κ1) is 14.9. The summed E-state index contributed by atoms with van der Waals surface area (Å²) in [5, 5.41) is 0.521. The molecule has 2 aromatic carbocycles. The number of H-pyrrole nitrogens is 1. The zero-order valence-corrected chi connectivity index (χ0v) is 14.6. The van der Waals surface area contributed by atoms with E-state index in [2.05, 4.69) is 22.1 Å². The molecule has 0 radical (unpaired) electrons. The van der Waals surface area contributed by atoms with Crippen LogP contribution in [0.25, 0.3) is 22.5 Å². The molecule has 0 aliphatic carbocycles. The molecule has 3 rings (SSSR count). The third kappa shape index (κ3) is 3.34. The van der Waals surface area contributed by atoms with Gasteiger partial charge >= 0.3 is 51.4 Å². The quantitative estimate of drug-likeness (QED) is 0.555. The van der Waals surface area contributed by atoms with Crippen LogP contribution in [-0.4, -0.2) is 9.97 Å². The Morgan fingerprint density at radius 1 is 0.789 bits per heavy atom. The first-order valence-corrected chi connectivity index (χ1v) is 6.13. The molecular formula is C15H11KN2S. The van der Waals surface area contributed by atoms with E-state index in [0.29, 0.717) is 5.16 Å². The van der Waals surface area contributed by atoms with Crippen LogP contribution >= 0.6 is 0 Å². The summed E-state index contributed by atoms with van der Waals surface area (Å²) in [6, 6.07) is 20.2. The Morgan fingerprint density at radius 2 is 1.32 bits per heavy atom. The van der Waals surface area contributed by atoms with E-state index >= 15 is 0 Å². The van der Waals surface area contributed by atoms with Gasteiger partial charge in [-0.3, -0.25) is 4.98 Å². The third-order valence-corrected chi connectivity index (χ3v) is 2.99. The molecule has 1 heterocycles. The van der Waals surface area contributed by atoms with Crippen LogP contribution in [0.3, 0.4) is 0 Å². The Bertz CT molecular complexity index is 593. The zero-order valence-electron chi connectivity index (χ0n) is 10.6. The number of hydrogen-bond acceptors (Lipinski definition) is 2. The van der Waals surface area contributed by atoms with Crippen molar-refractivity contribution in [2.75, 3.05) is 0 Å². The normalized spacial score (nSPS) is 9.89. The average molecular weight is 290 g/mol. The van der Waals surface area contributed by atoms with Crippen LogP contribution in [0.15, 0.2) is 65.8 Å². The van der Waals surface area contributed by atoms with E-state index in [1.165, 1.54) is 0 Å². The van der Waals surface area contributed by atoms with Gasteiger partial charge in [-0.05, 0) is 5.16 Å². The van der Waals surface area contributed by atoms with E-state index in [4.69, 9.17) is 12.6 Å². The van der Waals surface area contributed by atoms with Crippen LogP contribution in [-0.2, 0) is 12.6 Å². The smallest absolute Gasteiger partial charge is 0.742 e. The molecule has 0 atom stereocenters. The van der Waals surface area contributed by atoms with Crippen molar-refractivity contribution in [2.45, 2.75) is 5.16 Å². The van der Waals surface area contributed by atoms with E-state index in [9.17, 15) is 0 Å². The number of rotatable bonds is 2. The molecule has 0 unspecified atom stereocenters. The summed E-state index contributed by atoms with van der Waals surface area (Å²) in [5.41, 5.74) is 4.06. The fourth-order valence-electron chi connectivity index (χ4n) is 1.97. The monoisotopic (exact) mass is 290 g/mol. The van der Waals surface area contributed by atoms with Crippen molar-refractivity contribution in [3.8, 4) is 22.5 Å². The summed E-state index contributed by atoms with van der Waals surface area (Å²) in [6.07, 6.45) is 0. The van der Waals surface area contributed by atoms with Gasteiger partial charge in [0.25, 0.3) is 0 Å². The van der Waals surface area contributed by atoms with Gasteiger partial charge in [-0.25, -0.2) is 0 Å². The predicted molar refractivity (Wildman–Crippen MR) is 75.1 cm³/mol. The van der Waals surface area contributed by atoms with Gasteiger partial charge in [0.05, 0.1) is 11.4 Å². The van der Waals surface area contributed by atoms with Gasteiger partial charge in [-0.15, -0.1) is 0 Å². The second kappa shape index (κ2) is 6.79. The minimum absolute atomic E-state index is 0. The van der Waals surface area contributed by atoms with Crippen molar-refractivity contribution in [3.63, 3.8) is 0 Å². The van der Waals surface area contributed by atoms with E-state index in [1.807, 2.05) is 48.5 Å². The minimum atomic E-state index is 0. The molecule has 2 nitrogen and oxygen atoms in total. The number of benzene rings is 2. The molecule has 1 N–H and O–H groups in total. The Labute approximate surface area is 160 Å². The molecule has 0 aliphatic heterocycles. The van der Waals surface area contributed by atoms with Gasteiger partial charge < -0.3 is 17.6 Å². The molecule has 0 spiro atoms. The Kier molecular flexibility index (Phi) is 5.33. The van der Waals surface area contributed by atoms with Crippen LogP contribution in [0.5, 0.6) is 0 Å². The van der Waals surface area contributed by atoms with Crippen LogP contribution < -0.4 is 51.4 Å². The number of nitrogens with one attached hydrogen (secondary N) is 1. The van der Waals surface area contributed by atoms with Gasteiger partial charge in [0, 0.05) is 11.1 Å². The van der Waals surface area contributed by atoms with Crippen LogP contribution in [0.4, 0.5) is 0 Å². The van der Waals surface area contributed by atoms with Gasteiger partial charge in [-0.1, -0.05) is 60.7 Å². The van der Waals surface area contributed by atoms with Gasteiger partial charge in [0.2, 0.25) is 0 Å². The summed E-state index contributed by atoms with van der Waals surface area (Å²) in [4.78, 5) is 7.58. The van der Waals surface area contributed by atoms with E-state index in [1.54, 1.807) is 0 Å². The number of nitrogens with zero attached hydrogens (tertiary/aromatic N) is 1. The average Bonchev–Trinajstić information content (AvgIpc) is 2.83. The summed E-state index contributed by atoms with van der Waals surface area (Å²) in [5.74, 6) is 0. The molecular weight excluding hydrogens is 279 g/mol. The SMILES string of the molecule is [K+].[S-]c1nc(-c2ccccc2)c(-c2ccccc2)[nH]1. The molecule has 0 bridgehead atoms. The Hall–Kier alpha value is -0.494. The molecule has 19 heavy (non-hydrogen) atoms. The van der Waals surface area contributed by atoms with E-state index in [0.717, 1.165) is 22.5 Å². The molecule has 0 fully saturated rings. The summed E-state index contributed by atoms with van der Waals surface area (Å²) < 4.78 is 0. The maximum atomic E-state index is 5.15. The fraction of sp³-hybridized carbons (Fsp3) is 0. The maximum Gasteiger partial charge on any atom is 1.00 e. The molecule has 3 aromatic rings. The van der Waals surface area contributed by atoms with Gasteiger partial charge in [0.15, 0.2) is 0 Å². The molecule has 0 saturated carbocycles. The third-order valence-electron chi connectivity index (χ3n) is 2.79. The van der Waals surface area contributed by atoms with Crippen molar-refractivity contribution < 1.29 is 51.4 Å². The minimum Gasteiger partial charge on any atom is -0.742 e. The summed E-state index contributed by atoms with van der Waals surface area (Å²) in [6.45, 7) is 0. The largest absolute Gasteiger partial charge is 1.00 e. The summed E-state index contributed by atoms with van der Waals surface area (Å²) >= 11 is 5.15. The molecule has 1 aromatic heterocycles. The fourth-order valence-corrected chi connectivity index (χ4v) is 2.16. The molecule has 0 aliphatic rings. The number of aromatic amines is 1. The maximum absolute atomic E-state index is 5.15. The predicted octanol–water partition coefficient (Wildman–Crippen LogP) is 0.653. The Morgan fingerprint density at radius 3 is 1.89 bits per heavy atom. The molecule has 0 amide bonds. The zero-order chi connectivity index (χ0) is 12.4. The van der Waals surface area contributed by atoms with Gasteiger partial charge in [-0.2, -0.15) is 0 Å². The van der Waals surface area contributed by atoms with Crippen molar-refractivity contribution in [1.29, 1.82) is 0 Å². The molecule has 0 saturated heterocycles. The van der Waals surface area contributed by atoms with Crippen molar-refractivity contribution in [1.82, 2.24) is 9.97 Å². The van der Waals surface area contributed by atoms with Crippen molar-refractivity contribution >= 4 is 12.6 Å². The van der Waals surface area contributed by atoms with Crippen LogP contribution in [0, 0.1) is 0 Å². The standard InChI is InChI=1S/C15H12N2S.K/c18-15-16-13(11-7-3-1-4-8-11)14(17-15)12-9-5-2-6-10-12;/h1-10H,(H2,16,17,18);/q;+1/p-1. The summed E-state index contributed by atoms with van der Waals surface area (Å²) in [7, 11) is 0. The topological polar surface area (TPSA) is 28.7 Å². The second-order valence-electron chi connectivity index (χ2n) is 4.00. The van der Waals surface area contributed by atoms with E-state index in [-0.39, 0.29) is 51.4 Å². The van der Waals surface area contributed by atoms with Crippen LogP contribution in [0.1, 0.15) is 0 Å². The first-order valence-electron chi connectivity index (χ1n) is 5.72. The first-order chi connectivity index (χ1) is 8.84. The number of hydrogen-bond donors (Lipinski definition) is 1. The molecule has 88 valence electrons. The van der Waals surface area contributed by atoms with Crippen molar-refractivity contribution in [2.24, 2.45) is 0 Å². The second-order valence-corrected chi connectivity index (χ2v) is 4.38. The number of aromatic nitrogens is 2. The molecule has 4 heteroatoms.